The molecule has 142 valence electrons. The summed E-state index contributed by atoms with van der Waals surface area (Å²) in [6.45, 7) is -3.20. The molecule has 0 heterocycles. The highest BCUT2D eigenvalue weighted by Crippen LogP contribution is 2.36. The lowest BCUT2D eigenvalue weighted by atomic mass is 10.1. The van der Waals surface area contributed by atoms with Crippen LogP contribution in [0, 0.1) is 15.9 Å². The van der Waals surface area contributed by atoms with Gasteiger partial charge in [-0.15, -0.1) is 0 Å². The molecule has 0 atom stereocenters. The van der Waals surface area contributed by atoms with Gasteiger partial charge in [-0.1, -0.05) is 11.6 Å². The SMILES string of the molecule is COc1cc(/C=C/C(=O)c2ccc(F)c(Cl)c2)c([N+](=O)[O-])cc1OC(F)F. The molecule has 0 saturated heterocycles. The molecule has 2 rings (SSSR count). The third-order valence-electron chi connectivity index (χ3n) is 3.34. The summed E-state index contributed by atoms with van der Waals surface area (Å²) in [6, 6.07) is 5.16. The lowest BCUT2D eigenvalue weighted by molar-refractivity contribution is -0.385. The minimum atomic E-state index is -3.20. The number of nitro groups is 1. The summed E-state index contributed by atoms with van der Waals surface area (Å²) >= 11 is 5.61. The third-order valence-corrected chi connectivity index (χ3v) is 3.63. The molecule has 0 aliphatic rings. The van der Waals surface area contributed by atoms with Gasteiger partial charge >= 0.3 is 6.61 Å². The first-order valence-corrected chi connectivity index (χ1v) is 7.59. The number of ether oxygens (including phenoxy) is 2. The molecule has 0 bridgehead atoms. The summed E-state index contributed by atoms with van der Waals surface area (Å²) in [5, 5.41) is 10.9. The van der Waals surface area contributed by atoms with Crippen LogP contribution in [0.4, 0.5) is 18.9 Å². The first-order valence-electron chi connectivity index (χ1n) is 7.21. The molecule has 0 aliphatic carbocycles. The van der Waals surface area contributed by atoms with Crippen molar-refractivity contribution in [3.8, 4) is 11.5 Å². The molecule has 27 heavy (non-hydrogen) atoms. The summed E-state index contributed by atoms with van der Waals surface area (Å²) < 4.78 is 47.1. The number of carbonyl (C=O) groups is 1. The van der Waals surface area contributed by atoms with E-state index in [1.165, 1.54) is 13.2 Å². The molecule has 0 saturated carbocycles. The van der Waals surface area contributed by atoms with Crippen LogP contribution in [0.25, 0.3) is 6.08 Å². The summed E-state index contributed by atoms with van der Waals surface area (Å²) in [5.41, 5.74) is -0.599. The van der Waals surface area contributed by atoms with E-state index in [2.05, 4.69) is 4.74 Å². The average Bonchev–Trinajstić information content (AvgIpc) is 2.61. The van der Waals surface area contributed by atoms with Gasteiger partial charge in [0.1, 0.15) is 5.82 Å². The fourth-order valence-electron chi connectivity index (χ4n) is 2.12. The van der Waals surface area contributed by atoms with Crippen LogP contribution in [0.3, 0.4) is 0 Å². The number of halogens is 4. The number of carbonyl (C=O) groups excluding carboxylic acids is 1. The number of hydrogen-bond acceptors (Lipinski definition) is 5. The van der Waals surface area contributed by atoms with Crippen molar-refractivity contribution in [2.45, 2.75) is 6.61 Å². The Balaban J connectivity index is 2.41. The summed E-state index contributed by atoms with van der Waals surface area (Å²) in [6.07, 6.45) is 2.10. The smallest absolute Gasteiger partial charge is 0.387 e. The van der Waals surface area contributed by atoms with Gasteiger partial charge in [0.05, 0.1) is 28.7 Å². The number of nitrogens with zero attached hydrogens (tertiary/aromatic N) is 1. The number of allylic oxidation sites excluding steroid dienone is 1. The molecule has 0 fully saturated rings. The number of nitro benzene ring substituents is 1. The van der Waals surface area contributed by atoms with Crippen molar-refractivity contribution in [3.05, 3.63) is 68.5 Å². The van der Waals surface area contributed by atoms with Gasteiger partial charge in [0.2, 0.25) is 0 Å². The zero-order chi connectivity index (χ0) is 20.1. The van der Waals surface area contributed by atoms with Crippen LogP contribution in [0.15, 0.2) is 36.4 Å². The molecule has 0 aliphatic heterocycles. The van der Waals surface area contributed by atoms with Crippen LogP contribution < -0.4 is 9.47 Å². The maximum Gasteiger partial charge on any atom is 0.387 e. The van der Waals surface area contributed by atoms with Gasteiger partial charge in [0.15, 0.2) is 17.3 Å². The molecule has 6 nitrogen and oxygen atoms in total. The Kier molecular flexibility index (Phi) is 6.40. The van der Waals surface area contributed by atoms with Crippen molar-refractivity contribution >= 4 is 29.1 Å². The minimum absolute atomic E-state index is 0.0601. The number of rotatable bonds is 7. The van der Waals surface area contributed by atoms with Crippen molar-refractivity contribution in [2.24, 2.45) is 0 Å². The summed E-state index contributed by atoms with van der Waals surface area (Å²) in [5.74, 6) is -2.00. The Morgan fingerprint density at radius 3 is 2.52 bits per heavy atom. The largest absolute Gasteiger partial charge is 0.493 e. The number of methoxy groups -OCH3 is 1. The monoisotopic (exact) mass is 401 g/mol. The second-order valence-electron chi connectivity index (χ2n) is 5.02. The van der Waals surface area contributed by atoms with Gasteiger partial charge < -0.3 is 9.47 Å². The molecule has 0 spiro atoms. The third kappa shape index (κ3) is 4.98. The fraction of sp³-hybridized carbons (Fsp3) is 0.118. The number of alkyl halides is 2. The van der Waals surface area contributed by atoms with Gasteiger partial charge in [0.25, 0.3) is 5.69 Å². The van der Waals surface area contributed by atoms with Crippen molar-refractivity contribution < 1.29 is 32.4 Å². The first kappa shape index (κ1) is 20.2. The van der Waals surface area contributed by atoms with E-state index in [0.29, 0.717) is 0 Å². The average molecular weight is 402 g/mol. The summed E-state index contributed by atoms with van der Waals surface area (Å²) in [4.78, 5) is 22.5. The molecule has 2 aromatic rings. The van der Waals surface area contributed by atoms with E-state index < -0.39 is 34.6 Å². The van der Waals surface area contributed by atoms with E-state index in [-0.39, 0.29) is 21.9 Å². The highest BCUT2D eigenvalue weighted by molar-refractivity contribution is 6.31. The standard InChI is InChI=1S/C17H11ClF3NO5/c1-26-15-7-9(13(22(24)25)8-16(15)27-17(20)21)3-5-14(23)10-2-4-12(19)11(18)6-10/h2-8,17H,1H3/b5-3+. The zero-order valence-electron chi connectivity index (χ0n) is 13.6. The van der Waals surface area contributed by atoms with Gasteiger partial charge in [-0.05, 0) is 36.4 Å². The lowest BCUT2D eigenvalue weighted by Crippen LogP contribution is -2.05. The molecule has 0 radical (unpaired) electrons. The molecular formula is C17H11ClF3NO5. The van der Waals surface area contributed by atoms with Gasteiger partial charge in [-0.2, -0.15) is 8.78 Å². The Morgan fingerprint density at radius 1 is 1.26 bits per heavy atom. The van der Waals surface area contributed by atoms with E-state index in [0.717, 1.165) is 36.4 Å². The predicted molar refractivity (Wildman–Crippen MR) is 91.1 cm³/mol. The molecule has 0 aromatic heterocycles. The fourth-order valence-corrected chi connectivity index (χ4v) is 2.30. The summed E-state index contributed by atoms with van der Waals surface area (Å²) in [7, 11) is 1.17. The number of ketones is 1. The lowest BCUT2D eigenvalue weighted by Gasteiger charge is -2.10. The Morgan fingerprint density at radius 2 is 1.96 bits per heavy atom. The van der Waals surface area contributed by atoms with Crippen molar-refractivity contribution in [1.82, 2.24) is 0 Å². The molecular weight excluding hydrogens is 391 g/mol. The van der Waals surface area contributed by atoms with Crippen molar-refractivity contribution in [2.75, 3.05) is 7.11 Å². The topological polar surface area (TPSA) is 78.7 Å². The second kappa shape index (κ2) is 8.54. The van der Waals surface area contributed by atoms with Gasteiger partial charge in [-0.3, -0.25) is 14.9 Å². The Labute approximate surface area is 155 Å². The van der Waals surface area contributed by atoms with Crippen LogP contribution in [0.1, 0.15) is 15.9 Å². The van der Waals surface area contributed by atoms with Crippen molar-refractivity contribution in [3.63, 3.8) is 0 Å². The predicted octanol–water partition coefficient (Wildman–Crippen LogP) is 4.89. The van der Waals surface area contributed by atoms with E-state index in [9.17, 15) is 28.1 Å². The highest BCUT2D eigenvalue weighted by Gasteiger charge is 2.20. The number of benzene rings is 2. The van der Waals surface area contributed by atoms with Crippen LogP contribution in [-0.4, -0.2) is 24.4 Å². The molecule has 2 aromatic carbocycles. The van der Waals surface area contributed by atoms with Crippen LogP contribution in [-0.2, 0) is 0 Å². The van der Waals surface area contributed by atoms with Crippen molar-refractivity contribution in [1.29, 1.82) is 0 Å². The molecule has 0 unspecified atom stereocenters. The first-order chi connectivity index (χ1) is 12.7. The highest BCUT2D eigenvalue weighted by atomic mass is 35.5. The van der Waals surface area contributed by atoms with E-state index >= 15 is 0 Å². The molecule has 0 N–H and O–H groups in total. The van der Waals surface area contributed by atoms with E-state index in [4.69, 9.17) is 16.3 Å². The molecule has 0 amide bonds. The Hall–Kier alpha value is -3.07. The Bertz CT molecular complexity index is 918. The van der Waals surface area contributed by atoms with Crippen LogP contribution >= 0.6 is 11.6 Å². The van der Waals surface area contributed by atoms with Crippen LogP contribution in [0.5, 0.6) is 11.5 Å². The maximum absolute atomic E-state index is 13.2. The normalized spacial score (nSPS) is 11.0. The van der Waals surface area contributed by atoms with Gasteiger partial charge in [0, 0.05) is 5.56 Å². The van der Waals surface area contributed by atoms with Gasteiger partial charge in [-0.25, -0.2) is 4.39 Å². The van der Waals surface area contributed by atoms with E-state index in [1.807, 2.05) is 0 Å². The number of hydrogen-bond donors (Lipinski definition) is 0. The zero-order valence-corrected chi connectivity index (χ0v) is 14.4. The second-order valence-corrected chi connectivity index (χ2v) is 5.43. The van der Waals surface area contributed by atoms with E-state index in [1.54, 1.807) is 0 Å². The quantitative estimate of drug-likeness (QED) is 0.285. The maximum atomic E-state index is 13.2. The minimum Gasteiger partial charge on any atom is -0.493 e. The van der Waals surface area contributed by atoms with Crippen LogP contribution in [0.2, 0.25) is 5.02 Å². The molecule has 10 heteroatoms.